The molecule has 3 rings (SSSR count). The first-order valence-electron chi connectivity index (χ1n) is 10.8. The van der Waals surface area contributed by atoms with Crippen LogP contribution in [-0.2, 0) is 10.2 Å². The summed E-state index contributed by atoms with van der Waals surface area (Å²) in [6, 6.07) is 14.2. The van der Waals surface area contributed by atoms with Crippen LogP contribution in [0.2, 0.25) is 0 Å². The standard InChI is InChI=1S/C24H30N4O4/c1-17(2)25-22(29)18-10-11-20(21(16-18)28(31)32)26-12-14-27(15-13-26)23(30)24(3,4)19-8-6-5-7-9-19/h5-11,16-17H,12-15H2,1-4H3,(H,25,29). The predicted molar refractivity (Wildman–Crippen MR) is 124 cm³/mol. The topological polar surface area (TPSA) is 95.8 Å². The quantitative estimate of drug-likeness (QED) is 0.551. The number of nitro benzene ring substituents is 1. The van der Waals surface area contributed by atoms with E-state index in [0.717, 1.165) is 5.56 Å². The van der Waals surface area contributed by atoms with Crippen molar-refractivity contribution >= 4 is 23.2 Å². The van der Waals surface area contributed by atoms with Crippen LogP contribution in [-0.4, -0.2) is 53.9 Å². The van der Waals surface area contributed by atoms with Crippen LogP contribution in [0.1, 0.15) is 43.6 Å². The van der Waals surface area contributed by atoms with Crippen LogP contribution in [0.3, 0.4) is 0 Å². The lowest BCUT2D eigenvalue weighted by Crippen LogP contribution is -2.53. The lowest BCUT2D eigenvalue weighted by molar-refractivity contribution is -0.384. The molecule has 1 fully saturated rings. The molecule has 0 aliphatic carbocycles. The van der Waals surface area contributed by atoms with E-state index in [9.17, 15) is 19.7 Å². The number of piperazine rings is 1. The molecule has 0 aromatic heterocycles. The van der Waals surface area contributed by atoms with Crippen LogP contribution in [0.15, 0.2) is 48.5 Å². The van der Waals surface area contributed by atoms with Crippen LogP contribution in [0.25, 0.3) is 0 Å². The van der Waals surface area contributed by atoms with E-state index in [1.807, 2.05) is 67.8 Å². The molecule has 0 radical (unpaired) electrons. The minimum Gasteiger partial charge on any atom is -0.362 e. The summed E-state index contributed by atoms with van der Waals surface area (Å²) in [6.45, 7) is 9.42. The highest BCUT2D eigenvalue weighted by molar-refractivity contribution is 5.96. The van der Waals surface area contributed by atoms with Crippen molar-refractivity contribution in [2.24, 2.45) is 0 Å². The molecule has 32 heavy (non-hydrogen) atoms. The average molecular weight is 439 g/mol. The molecule has 0 atom stereocenters. The summed E-state index contributed by atoms with van der Waals surface area (Å²) in [7, 11) is 0. The molecule has 1 N–H and O–H groups in total. The molecule has 1 aliphatic heterocycles. The van der Waals surface area contributed by atoms with Crippen molar-refractivity contribution in [3.63, 3.8) is 0 Å². The predicted octanol–water partition coefficient (Wildman–Crippen LogP) is 3.36. The molecule has 170 valence electrons. The fourth-order valence-electron chi connectivity index (χ4n) is 3.95. The number of hydrogen-bond acceptors (Lipinski definition) is 5. The summed E-state index contributed by atoms with van der Waals surface area (Å²) in [5.41, 5.74) is 0.920. The maximum Gasteiger partial charge on any atom is 0.293 e. The maximum atomic E-state index is 13.2. The van der Waals surface area contributed by atoms with E-state index >= 15 is 0 Å². The zero-order valence-corrected chi connectivity index (χ0v) is 19.0. The van der Waals surface area contributed by atoms with Gasteiger partial charge in [0.15, 0.2) is 0 Å². The monoisotopic (exact) mass is 438 g/mol. The van der Waals surface area contributed by atoms with Crippen LogP contribution in [0.4, 0.5) is 11.4 Å². The van der Waals surface area contributed by atoms with Gasteiger partial charge < -0.3 is 15.1 Å². The zero-order chi connectivity index (χ0) is 23.5. The normalized spacial score (nSPS) is 14.4. The first kappa shape index (κ1) is 23.2. The third kappa shape index (κ3) is 4.90. The molecule has 1 heterocycles. The number of amides is 2. The van der Waals surface area contributed by atoms with Crippen molar-refractivity contribution in [1.82, 2.24) is 10.2 Å². The zero-order valence-electron chi connectivity index (χ0n) is 19.0. The van der Waals surface area contributed by atoms with Crippen LogP contribution in [0, 0.1) is 10.1 Å². The molecule has 2 aromatic rings. The van der Waals surface area contributed by atoms with Gasteiger partial charge in [0.2, 0.25) is 5.91 Å². The van der Waals surface area contributed by atoms with Crippen molar-refractivity contribution in [3.8, 4) is 0 Å². The summed E-state index contributed by atoms with van der Waals surface area (Å²) in [4.78, 5) is 40.4. The number of rotatable bonds is 6. The van der Waals surface area contributed by atoms with Gasteiger partial charge in [0.1, 0.15) is 5.69 Å². The van der Waals surface area contributed by atoms with Gasteiger partial charge in [-0.25, -0.2) is 0 Å². The molecular weight excluding hydrogens is 408 g/mol. The molecular formula is C24H30N4O4. The number of anilines is 1. The van der Waals surface area contributed by atoms with Gasteiger partial charge in [0.05, 0.1) is 10.3 Å². The molecule has 0 bridgehead atoms. The summed E-state index contributed by atoms with van der Waals surface area (Å²) in [5.74, 6) is -0.299. The highest BCUT2D eigenvalue weighted by Gasteiger charge is 2.35. The Hall–Kier alpha value is -3.42. The lowest BCUT2D eigenvalue weighted by Gasteiger charge is -2.39. The highest BCUT2D eigenvalue weighted by Crippen LogP contribution is 2.31. The Balaban J connectivity index is 1.74. The van der Waals surface area contributed by atoms with Crippen molar-refractivity contribution in [2.75, 3.05) is 31.1 Å². The van der Waals surface area contributed by atoms with Gasteiger partial charge in [-0.2, -0.15) is 0 Å². The fourth-order valence-corrected chi connectivity index (χ4v) is 3.95. The number of hydrogen-bond donors (Lipinski definition) is 1. The summed E-state index contributed by atoms with van der Waals surface area (Å²) in [6.07, 6.45) is 0. The lowest BCUT2D eigenvalue weighted by atomic mass is 9.83. The summed E-state index contributed by atoms with van der Waals surface area (Å²) in [5, 5.41) is 14.5. The maximum absolute atomic E-state index is 13.2. The van der Waals surface area contributed by atoms with E-state index in [1.165, 1.54) is 6.07 Å². The Bertz CT molecular complexity index is 996. The van der Waals surface area contributed by atoms with E-state index in [1.54, 1.807) is 12.1 Å². The molecule has 0 saturated carbocycles. The van der Waals surface area contributed by atoms with E-state index in [-0.39, 0.29) is 29.1 Å². The van der Waals surface area contributed by atoms with Gasteiger partial charge in [-0.1, -0.05) is 30.3 Å². The Morgan fingerprint density at radius 3 is 2.22 bits per heavy atom. The Kier molecular flexibility index (Phi) is 6.81. The number of nitro groups is 1. The third-order valence-corrected chi connectivity index (χ3v) is 5.79. The van der Waals surface area contributed by atoms with E-state index < -0.39 is 10.3 Å². The number of nitrogens with one attached hydrogen (secondary N) is 1. The molecule has 0 spiro atoms. The van der Waals surface area contributed by atoms with Crippen LogP contribution >= 0.6 is 0 Å². The van der Waals surface area contributed by atoms with Crippen LogP contribution in [0.5, 0.6) is 0 Å². The first-order valence-corrected chi connectivity index (χ1v) is 10.8. The molecule has 1 aliphatic rings. The SMILES string of the molecule is CC(C)NC(=O)c1ccc(N2CCN(C(=O)C(C)(C)c3ccccc3)CC2)c([N+](=O)[O-])c1. The summed E-state index contributed by atoms with van der Waals surface area (Å²) < 4.78 is 0. The number of nitrogens with zero attached hydrogens (tertiary/aromatic N) is 3. The number of carbonyl (C=O) groups excluding carboxylic acids is 2. The van der Waals surface area contributed by atoms with Gasteiger partial charge in [-0.3, -0.25) is 19.7 Å². The fraction of sp³-hybridized carbons (Fsp3) is 0.417. The van der Waals surface area contributed by atoms with Gasteiger partial charge in [-0.05, 0) is 45.4 Å². The van der Waals surface area contributed by atoms with Crippen molar-refractivity contribution in [2.45, 2.75) is 39.2 Å². The highest BCUT2D eigenvalue weighted by atomic mass is 16.6. The largest absolute Gasteiger partial charge is 0.362 e. The van der Waals surface area contributed by atoms with Gasteiger partial charge >= 0.3 is 0 Å². The Morgan fingerprint density at radius 2 is 1.66 bits per heavy atom. The first-order chi connectivity index (χ1) is 15.1. The molecule has 8 heteroatoms. The molecule has 2 amide bonds. The van der Waals surface area contributed by atoms with Gasteiger partial charge in [-0.15, -0.1) is 0 Å². The summed E-state index contributed by atoms with van der Waals surface area (Å²) >= 11 is 0. The minimum atomic E-state index is -0.652. The second-order valence-electron chi connectivity index (χ2n) is 8.86. The number of benzene rings is 2. The minimum absolute atomic E-state index is 0.0403. The van der Waals surface area contributed by atoms with Gasteiger partial charge in [0, 0.05) is 43.9 Å². The Labute approximate surface area is 188 Å². The van der Waals surface area contributed by atoms with Crippen molar-refractivity contribution in [1.29, 1.82) is 0 Å². The molecule has 8 nitrogen and oxygen atoms in total. The average Bonchev–Trinajstić information content (AvgIpc) is 2.78. The second kappa shape index (κ2) is 9.38. The van der Waals surface area contributed by atoms with Crippen molar-refractivity contribution in [3.05, 3.63) is 69.8 Å². The number of carbonyl (C=O) groups is 2. The van der Waals surface area contributed by atoms with E-state index in [0.29, 0.717) is 31.9 Å². The second-order valence-corrected chi connectivity index (χ2v) is 8.86. The molecule has 2 aromatic carbocycles. The Morgan fingerprint density at radius 1 is 1.03 bits per heavy atom. The van der Waals surface area contributed by atoms with E-state index in [4.69, 9.17) is 0 Å². The molecule has 0 unspecified atom stereocenters. The van der Waals surface area contributed by atoms with Crippen LogP contribution < -0.4 is 10.2 Å². The molecule has 1 saturated heterocycles. The third-order valence-electron chi connectivity index (χ3n) is 5.79. The van der Waals surface area contributed by atoms with Gasteiger partial charge in [0.25, 0.3) is 11.6 Å². The van der Waals surface area contributed by atoms with Crippen molar-refractivity contribution < 1.29 is 14.5 Å². The van der Waals surface area contributed by atoms with E-state index in [2.05, 4.69) is 5.32 Å². The smallest absolute Gasteiger partial charge is 0.293 e.